The number of carbonyl (C=O) groups is 1. The quantitative estimate of drug-likeness (QED) is 0.297. The molecule has 1 aromatic carbocycles. The molecule has 0 bridgehead atoms. The Bertz CT molecular complexity index is 878. The van der Waals surface area contributed by atoms with Crippen LogP contribution in [-0.4, -0.2) is 55.9 Å². The van der Waals surface area contributed by atoms with Crippen molar-refractivity contribution in [2.24, 2.45) is 23.5 Å². The predicted molar refractivity (Wildman–Crippen MR) is 142 cm³/mol. The van der Waals surface area contributed by atoms with Gasteiger partial charge >= 0.3 is 12.2 Å². The number of hydrogen-bond acceptors (Lipinski definition) is 4. The molecule has 4 N–H and O–H groups in total. The van der Waals surface area contributed by atoms with Gasteiger partial charge in [-0.3, -0.25) is 0 Å². The van der Waals surface area contributed by atoms with Crippen LogP contribution in [-0.2, 0) is 16.5 Å². The summed E-state index contributed by atoms with van der Waals surface area (Å²) in [6.07, 6.45) is 5.07. The van der Waals surface area contributed by atoms with Gasteiger partial charge in [0.2, 0.25) is 0 Å². The van der Waals surface area contributed by atoms with E-state index in [9.17, 15) is 23.1 Å². The number of likely N-dealkylation sites (tertiary alicyclic amines) is 1. The topological polar surface area (TPSA) is 87.8 Å². The van der Waals surface area contributed by atoms with Gasteiger partial charge in [0.05, 0.1) is 11.2 Å². The van der Waals surface area contributed by atoms with Gasteiger partial charge in [0, 0.05) is 32.2 Å². The van der Waals surface area contributed by atoms with Crippen LogP contribution in [0.15, 0.2) is 24.3 Å². The van der Waals surface area contributed by atoms with Crippen LogP contribution in [0.2, 0.25) is 0 Å². The smallest absolute Gasteiger partial charge is 0.385 e. The summed E-state index contributed by atoms with van der Waals surface area (Å²) in [5.74, 6) is 0.108. The molecule has 0 aromatic heterocycles. The number of methoxy groups -OCH3 is 1. The van der Waals surface area contributed by atoms with E-state index < -0.39 is 29.3 Å². The number of amides is 2. The maximum atomic E-state index is 13.7. The summed E-state index contributed by atoms with van der Waals surface area (Å²) >= 11 is 0. The molecule has 2 aliphatic rings. The lowest BCUT2D eigenvalue weighted by molar-refractivity contribution is -0.138. The van der Waals surface area contributed by atoms with Gasteiger partial charge in [-0.15, -0.1) is 0 Å². The van der Waals surface area contributed by atoms with Crippen molar-refractivity contribution < 1.29 is 27.8 Å². The van der Waals surface area contributed by atoms with Crippen LogP contribution in [0.1, 0.15) is 81.8 Å². The van der Waals surface area contributed by atoms with E-state index >= 15 is 0 Å². The molecular formula is C29H46F3N3O3. The number of nitrogens with two attached hydrogens (primary N) is 1. The fourth-order valence-electron chi connectivity index (χ4n) is 6.99. The van der Waals surface area contributed by atoms with Crippen LogP contribution in [0.25, 0.3) is 0 Å². The highest BCUT2D eigenvalue weighted by molar-refractivity contribution is 5.72. The summed E-state index contributed by atoms with van der Waals surface area (Å²) in [7, 11) is 3.48. The van der Waals surface area contributed by atoms with Crippen LogP contribution < -0.4 is 11.1 Å². The monoisotopic (exact) mass is 541 g/mol. The lowest BCUT2D eigenvalue weighted by atomic mass is 9.65. The molecule has 1 aliphatic heterocycles. The SMILES string of the molecule is CNC[C@H](CC1CCCCC1)C1C([C@@](O)(CCCCOC)c2cccc(C(F)(F)F)c2)CCCN1C(N)=O. The number of benzene rings is 1. The van der Waals surface area contributed by atoms with Crippen LogP contribution >= 0.6 is 0 Å². The van der Waals surface area contributed by atoms with Crippen molar-refractivity contribution in [3.63, 3.8) is 0 Å². The van der Waals surface area contributed by atoms with E-state index in [1.807, 2.05) is 7.05 Å². The molecule has 216 valence electrons. The lowest BCUT2D eigenvalue weighted by Gasteiger charge is -2.51. The molecule has 1 saturated carbocycles. The summed E-state index contributed by atoms with van der Waals surface area (Å²) < 4.78 is 46.3. The van der Waals surface area contributed by atoms with Crippen LogP contribution in [0.4, 0.5) is 18.0 Å². The summed E-state index contributed by atoms with van der Waals surface area (Å²) in [6.45, 7) is 1.64. The number of aliphatic hydroxyl groups is 1. The molecule has 1 aromatic rings. The molecule has 2 amide bonds. The third-order valence-electron chi connectivity index (χ3n) is 8.74. The van der Waals surface area contributed by atoms with Gasteiger partial charge in [-0.2, -0.15) is 13.2 Å². The molecule has 0 spiro atoms. The zero-order valence-corrected chi connectivity index (χ0v) is 22.9. The number of piperidine rings is 1. The summed E-state index contributed by atoms with van der Waals surface area (Å²) in [5, 5.41) is 15.8. The minimum Gasteiger partial charge on any atom is -0.385 e. The normalized spacial score (nSPS) is 23.7. The Morgan fingerprint density at radius 1 is 1.16 bits per heavy atom. The number of urea groups is 1. The average Bonchev–Trinajstić information content (AvgIpc) is 2.90. The first-order valence-corrected chi connectivity index (χ1v) is 14.2. The van der Waals surface area contributed by atoms with Crippen LogP contribution in [0.3, 0.4) is 0 Å². The maximum absolute atomic E-state index is 13.7. The maximum Gasteiger partial charge on any atom is 0.416 e. The highest BCUT2D eigenvalue weighted by Crippen LogP contribution is 2.47. The van der Waals surface area contributed by atoms with Crippen molar-refractivity contribution in [3.05, 3.63) is 35.4 Å². The van der Waals surface area contributed by atoms with Crippen LogP contribution in [0.5, 0.6) is 0 Å². The molecular weight excluding hydrogens is 495 g/mol. The third-order valence-corrected chi connectivity index (χ3v) is 8.74. The van der Waals surface area contributed by atoms with E-state index in [1.165, 1.54) is 25.3 Å². The third kappa shape index (κ3) is 7.63. The predicted octanol–water partition coefficient (Wildman–Crippen LogP) is 5.68. The second kappa shape index (κ2) is 14.0. The zero-order chi connectivity index (χ0) is 27.8. The van der Waals surface area contributed by atoms with Gasteiger partial charge in [-0.1, -0.05) is 44.2 Å². The Hall–Kier alpha value is -1.84. The minimum absolute atomic E-state index is 0.0252. The molecule has 9 heteroatoms. The number of carbonyl (C=O) groups excluding carboxylic acids is 1. The Morgan fingerprint density at radius 2 is 1.87 bits per heavy atom. The molecule has 0 radical (unpaired) electrons. The number of nitrogens with one attached hydrogen (secondary N) is 1. The van der Waals surface area contributed by atoms with E-state index in [2.05, 4.69) is 5.32 Å². The van der Waals surface area contributed by atoms with Crippen molar-refractivity contribution >= 4 is 6.03 Å². The second-order valence-corrected chi connectivity index (χ2v) is 11.3. The largest absolute Gasteiger partial charge is 0.416 e. The molecule has 1 heterocycles. The molecule has 38 heavy (non-hydrogen) atoms. The molecule has 1 saturated heterocycles. The van der Waals surface area contributed by atoms with Crippen molar-refractivity contribution in [2.45, 2.75) is 88.4 Å². The Labute approximate surface area is 225 Å². The second-order valence-electron chi connectivity index (χ2n) is 11.3. The molecule has 6 nitrogen and oxygen atoms in total. The number of alkyl halides is 3. The van der Waals surface area contributed by atoms with E-state index in [1.54, 1.807) is 18.1 Å². The first kappa shape index (κ1) is 30.7. The fraction of sp³-hybridized carbons (Fsp3) is 0.759. The number of hydrogen-bond donors (Lipinski definition) is 3. The first-order chi connectivity index (χ1) is 18.1. The van der Waals surface area contributed by atoms with Gasteiger partial charge in [0.1, 0.15) is 0 Å². The number of halogens is 3. The van der Waals surface area contributed by atoms with Gasteiger partial charge in [-0.25, -0.2) is 4.79 Å². The summed E-state index contributed by atoms with van der Waals surface area (Å²) in [5.41, 5.74) is 3.84. The summed E-state index contributed by atoms with van der Waals surface area (Å²) in [4.78, 5) is 14.4. The number of unbranched alkanes of at least 4 members (excludes halogenated alkanes) is 1. The van der Waals surface area contributed by atoms with Crippen molar-refractivity contribution in [1.29, 1.82) is 0 Å². The summed E-state index contributed by atoms with van der Waals surface area (Å²) in [6, 6.07) is 4.18. The van der Waals surface area contributed by atoms with Crippen molar-refractivity contribution in [3.8, 4) is 0 Å². The number of ether oxygens (including phenoxy) is 1. The van der Waals surface area contributed by atoms with Gasteiger partial charge in [0.15, 0.2) is 0 Å². The van der Waals surface area contributed by atoms with Gasteiger partial charge < -0.3 is 25.8 Å². The van der Waals surface area contributed by atoms with Gasteiger partial charge in [0.25, 0.3) is 0 Å². The van der Waals surface area contributed by atoms with E-state index in [0.717, 1.165) is 31.4 Å². The van der Waals surface area contributed by atoms with Crippen molar-refractivity contribution in [1.82, 2.24) is 10.2 Å². The van der Waals surface area contributed by atoms with Crippen molar-refractivity contribution in [2.75, 3.05) is 33.9 Å². The number of nitrogens with zero attached hydrogens (tertiary/aromatic N) is 1. The first-order valence-electron chi connectivity index (χ1n) is 14.2. The Morgan fingerprint density at radius 3 is 2.50 bits per heavy atom. The Balaban J connectivity index is 2.06. The Kier molecular flexibility index (Phi) is 11.3. The van der Waals surface area contributed by atoms with E-state index in [4.69, 9.17) is 10.5 Å². The lowest BCUT2D eigenvalue weighted by Crippen LogP contribution is -2.60. The molecule has 3 rings (SSSR count). The van der Waals surface area contributed by atoms with Crippen LogP contribution in [0, 0.1) is 17.8 Å². The highest BCUT2D eigenvalue weighted by Gasteiger charge is 2.50. The molecule has 4 atom stereocenters. The average molecular weight is 542 g/mol. The fourth-order valence-corrected chi connectivity index (χ4v) is 6.99. The zero-order valence-electron chi connectivity index (χ0n) is 22.9. The van der Waals surface area contributed by atoms with E-state index in [-0.39, 0.29) is 23.9 Å². The standard InChI is InChI=1S/C29H46F3N3O3/c1-34-20-22(18-21-10-4-3-5-11-21)26-25(14-9-16-35(26)27(33)36)28(37,15-6-7-17-38-2)23-12-8-13-24(19-23)29(30,31)32/h8,12-13,19,21-22,25-26,34,37H,3-7,9-11,14-18,20H2,1-2H3,(H2,33,36)/t22-,25?,26?,28+/m0/s1. The van der Waals surface area contributed by atoms with Gasteiger partial charge in [-0.05, 0) is 81.6 Å². The number of primary amides is 1. The molecule has 2 fully saturated rings. The number of rotatable bonds is 12. The minimum atomic E-state index is -4.52. The van der Waals surface area contributed by atoms with E-state index in [0.29, 0.717) is 51.3 Å². The highest BCUT2D eigenvalue weighted by atomic mass is 19.4. The molecule has 1 aliphatic carbocycles. The molecule has 2 unspecified atom stereocenters.